The van der Waals surface area contributed by atoms with Crippen LogP contribution in [0.25, 0.3) is 11.3 Å². The maximum absolute atomic E-state index is 13.0. The van der Waals surface area contributed by atoms with Crippen LogP contribution in [-0.4, -0.2) is 15.2 Å². The number of hydrogen-bond donors (Lipinski definition) is 1. The van der Waals surface area contributed by atoms with Gasteiger partial charge in [-0.15, -0.1) is 0 Å². The summed E-state index contributed by atoms with van der Waals surface area (Å²) in [4.78, 5) is 18.8. The molecule has 0 saturated heterocycles. The molecule has 1 aromatic heterocycles. The van der Waals surface area contributed by atoms with E-state index in [1.54, 1.807) is 0 Å². The van der Waals surface area contributed by atoms with E-state index in [2.05, 4.69) is 9.97 Å². The summed E-state index contributed by atoms with van der Waals surface area (Å²) in [5.74, 6) is -0.381. The lowest BCUT2D eigenvalue weighted by Gasteiger charge is -2.07. The lowest BCUT2D eigenvalue weighted by molar-refractivity contribution is 0.628. The van der Waals surface area contributed by atoms with Crippen molar-refractivity contribution < 1.29 is 4.39 Å². The summed E-state index contributed by atoms with van der Waals surface area (Å²) in [6.45, 7) is 3.95. The van der Waals surface area contributed by atoms with Gasteiger partial charge in [0.1, 0.15) is 17.4 Å². The number of hydrogen-bond acceptors (Lipinski definition) is 4. The van der Waals surface area contributed by atoms with E-state index in [1.807, 2.05) is 19.9 Å². The van der Waals surface area contributed by atoms with Crippen LogP contribution >= 0.6 is 11.8 Å². The highest BCUT2D eigenvalue weighted by atomic mass is 32.2. The van der Waals surface area contributed by atoms with Gasteiger partial charge in [0.05, 0.1) is 5.69 Å². The molecule has 0 spiro atoms. The lowest BCUT2D eigenvalue weighted by atomic mass is 10.1. The molecule has 0 amide bonds. The average Bonchev–Trinajstić information content (AvgIpc) is 2.38. The quantitative estimate of drug-likeness (QED) is 0.696. The van der Waals surface area contributed by atoms with E-state index < -0.39 is 5.56 Å². The summed E-state index contributed by atoms with van der Waals surface area (Å²) >= 11 is 1.39. The maximum Gasteiger partial charge on any atom is 0.270 e. The molecule has 1 heterocycles. The molecule has 2 aromatic rings. The van der Waals surface area contributed by atoms with Crippen molar-refractivity contribution in [2.75, 3.05) is 0 Å². The third-order valence-corrected chi connectivity index (χ3v) is 3.36. The van der Waals surface area contributed by atoms with Crippen LogP contribution in [0.5, 0.6) is 0 Å². The summed E-state index contributed by atoms with van der Waals surface area (Å²) in [5, 5.41) is 9.79. The van der Waals surface area contributed by atoms with Crippen molar-refractivity contribution in [2.45, 2.75) is 24.3 Å². The highest BCUT2D eigenvalue weighted by Gasteiger charge is 2.14. The Morgan fingerprint density at radius 3 is 2.55 bits per heavy atom. The second kappa shape index (κ2) is 5.88. The minimum Gasteiger partial charge on any atom is -0.300 e. The van der Waals surface area contributed by atoms with Crippen molar-refractivity contribution in [3.05, 3.63) is 46.0 Å². The number of aromatic nitrogens is 2. The summed E-state index contributed by atoms with van der Waals surface area (Å²) in [6, 6.07) is 7.40. The average molecular weight is 289 g/mol. The number of thioether (sulfide) groups is 1. The Hall–Kier alpha value is -2.13. The SMILES string of the molecule is CC(C)Sc1nc(-c2ccc(F)cc2)c(C#N)c(=O)[nH]1. The molecule has 2 rings (SSSR count). The number of aromatic amines is 1. The van der Waals surface area contributed by atoms with Crippen molar-refractivity contribution in [1.82, 2.24) is 9.97 Å². The van der Waals surface area contributed by atoms with E-state index in [0.29, 0.717) is 10.7 Å². The molecule has 0 bridgehead atoms. The first kappa shape index (κ1) is 14.3. The Balaban J connectivity index is 2.60. The number of nitriles is 1. The second-order valence-electron chi connectivity index (χ2n) is 4.38. The molecule has 1 aromatic carbocycles. The molecule has 0 saturated carbocycles. The van der Waals surface area contributed by atoms with E-state index in [1.165, 1.54) is 36.0 Å². The third-order valence-electron chi connectivity index (χ3n) is 2.47. The fourth-order valence-electron chi connectivity index (χ4n) is 1.65. The Bertz CT molecular complexity index is 717. The fraction of sp³-hybridized carbons (Fsp3) is 0.214. The minimum absolute atomic E-state index is 0.0651. The first-order valence-electron chi connectivity index (χ1n) is 5.98. The number of nitrogens with one attached hydrogen (secondary N) is 1. The van der Waals surface area contributed by atoms with Crippen molar-refractivity contribution in [3.8, 4) is 17.3 Å². The Labute approximate surface area is 119 Å². The summed E-state index contributed by atoms with van der Waals surface area (Å²) in [6.07, 6.45) is 0. The third kappa shape index (κ3) is 3.06. The van der Waals surface area contributed by atoms with Gasteiger partial charge in [0.15, 0.2) is 5.16 Å². The smallest absolute Gasteiger partial charge is 0.270 e. The van der Waals surface area contributed by atoms with Crippen LogP contribution in [0.15, 0.2) is 34.2 Å². The molecule has 0 aliphatic rings. The van der Waals surface area contributed by atoms with Crippen LogP contribution in [0.1, 0.15) is 19.4 Å². The zero-order chi connectivity index (χ0) is 14.7. The van der Waals surface area contributed by atoms with Gasteiger partial charge in [-0.25, -0.2) is 9.37 Å². The van der Waals surface area contributed by atoms with Crippen LogP contribution in [0.3, 0.4) is 0 Å². The van der Waals surface area contributed by atoms with Gasteiger partial charge in [0.2, 0.25) is 0 Å². The molecule has 20 heavy (non-hydrogen) atoms. The van der Waals surface area contributed by atoms with E-state index in [-0.39, 0.29) is 22.3 Å². The molecule has 102 valence electrons. The Kier molecular flexibility index (Phi) is 4.20. The van der Waals surface area contributed by atoms with Gasteiger partial charge in [0.25, 0.3) is 5.56 Å². The molecule has 0 unspecified atom stereocenters. The molecule has 1 N–H and O–H groups in total. The molecule has 0 atom stereocenters. The van der Waals surface area contributed by atoms with Crippen LogP contribution in [0.4, 0.5) is 4.39 Å². The van der Waals surface area contributed by atoms with Crippen LogP contribution in [0.2, 0.25) is 0 Å². The van der Waals surface area contributed by atoms with Gasteiger partial charge < -0.3 is 4.98 Å². The van der Waals surface area contributed by atoms with E-state index in [9.17, 15) is 9.18 Å². The topological polar surface area (TPSA) is 69.5 Å². The fourth-order valence-corrected chi connectivity index (χ4v) is 2.39. The van der Waals surface area contributed by atoms with Crippen molar-refractivity contribution >= 4 is 11.8 Å². The largest absolute Gasteiger partial charge is 0.300 e. The van der Waals surface area contributed by atoms with Crippen LogP contribution in [-0.2, 0) is 0 Å². The second-order valence-corrected chi connectivity index (χ2v) is 5.95. The summed E-state index contributed by atoms with van der Waals surface area (Å²) in [7, 11) is 0. The number of benzene rings is 1. The molecule has 0 aliphatic carbocycles. The standard InChI is InChI=1S/C14H12FN3OS/c1-8(2)20-14-17-12(11(7-16)13(19)18-14)9-3-5-10(15)6-4-9/h3-6,8H,1-2H3,(H,17,18,19). The van der Waals surface area contributed by atoms with Gasteiger partial charge in [-0.3, -0.25) is 4.79 Å². The zero-order valence-corrected chi connectivity index (χ0v) is 11.8. The number of H-pyrrole nitrogens is 1. The van der Waals surface area contributed by atoms with E-state index >= 15 is 0 Å². The number of halogens is 1. The van der Waals surface area contributed by atoms with Gasteiger partial charge in [0, 0.05) is 10.8 Å². The highest BCUT2D eigenvalue weighted by molar-refractivity contribution is 7.99. The monoisotopic (exact) mass is 289 g/mol. The molecule has 4 nitrogen and oxygen atoms in total. The normalized spacial score (nSPS) is 10.6. The van der Waals surface area contributed by atoms with E-state index in [0.717, 1.165) is 0 Å². The number of nitrogens with zero attached hydrogens (tertiary/aromatic N) is 2. The van der Waals surface area contributed by atoms with Gasteiger partial charge in [-0.05, 0) is 24.3 Å². The lowest BCUT2D eigenvalue weighted by Crippen LogP contribution is -2.15. The Morgan fingerprint density at radius 1 is 1.35 bits per heavy atom. The molecule has 6 heteroatoms. The van der Waals surface area contributed by atoms with Gasteiger partial charge >= 0.3 is 0 Å². The first-order valence-corrected chi connectivity index (χ1v) is 6.86. The predicted molar refractivity (Wildman–Crippen MR) is 76.0 cm³/mol. The van der Waals surface area contributed by atoms with Crippen molar-refractivity contribution in [3.63, 3.8) is 0 Å². The molecule has 0 fully saturated rings. The highest BCUT2D eigenvalue weighted by Crippen LogP contribution is 2.24. The predicted octanol–water partition coefficient (Wildman–Crippen LogP) is 2.95. The minimum atomic E-state index is -0.482. The maximum atomic E-state index is 13.0. The molecular formula is C14H12FN3OS. The Morgan fingerprint density at radius 2 is 2.00 bits per heavy atom. The van der Waals surface area contributed by atoms with Crippen molar-refractivity contribution in [2.24, 2.45) is 0 Å². The molecule has 0 radical (unpaired) electrons. The zero-order valence-electron chi connectivity index (χ0n) is 11.0. The van der Waals surface area contributed by atoms with Gasteiger partial charge in [-0.2, -0.15) is 5.26 Å². The van der Waals surface area contributed by atoms with Crippen LogP contribution in [0, 0.1) is 17.1 Å². The van der Waals surface area contributed by atoms with Crippen LogP contribution < -0.4 is 5.56 Å². The van der Waals surface area contributed by atoms with Gasteiger partial charge in [-0.1, -0.05) is 25.6 Å². The first-order chi connectivity index (χ1) is 9.51. The summed E-state index contributed by atoms with van der Waals surface area (Å²) < 4.78 is 13.0. The van der Waals surface area contributed by atoms with E-state index in [4.69, 9.17) is 5.26 Å². The number of rotatable bonds is 3. The molecule has 0 aliphatic heterocycles. The molecular weight excluding hydrogens is 277 g/mol. The van der Waals surface area contributed by atoms with Crippen molar-refractivity contribution in [1.29, 1.82) is 5.26 Å². The summed E-state index contributed by atoms with van der Waals surface area (Å²) in [5.41, 5.74) is 0.272.